The number of benzene rings is 2. The summed E-state index contributed by atoms with van der Waals surface area (Å²) in [6.07, 6.45) is 3.30. The smallest absolute Gasteiger partial charge is 0.260 e. The first-order valence-corrected chi connectivity index (χ1v) is 9.99. The number of aromatic nitrogens is 4. The van der Waals surface area contributed by atoms with Gasteiger partial charge in [0.05, 0.1) is 23.8 Å². The summed E-state index contributed by atoms with van der Waals surface area (Å²) < 4.78 is 8.49. The van der Waals surface area contributed by atoms with Gasteiger partial charge in [-0.2, -0.15) is 0 Å². The molecule has 8 heteroatoms. The number of nitrogens with zero attached hydrogens (tertiary/aromatic N) is 4. The number of hydrogen-bond donors (Lipinski definition) is 1. The van der Waals surface area contributed by atoms with Gasteiger partial charge in [0, 0.05) is 35.8 Å². The Hall–Kier alpha value is -4.46. The molecule has 0 saturated heterocycles. The van der Waals surface area contributed by atoms with E-state index < -0.39 is 0 Å². The number of ether oxygens (including phenoxy) is 1. The molecule has 0 fully saturated rings. The molecular weight excluding hydrogens is 406 g/mol. The van der Waals surface area contributed by atoms with E-state index in [0.29, 0.717) is 28.4 Å². The highest BCUT2D eigenvalue weighted by Crippen LogP contribution is 2.22. The van der Waals surface area contributed by atoms with Gasteiger partial charge in [-0.05, 0) is 36.4 Å². The lowest BCUT2D eigenvalue weighted by molar-refractivity contribution is -0.116. The first kappa shape index (κ1) is 19.5. The lowest BCUT2D eigenvalue weighted by Crippen LogP contribution is -2.20. The van der Waals surface area contributed by atoms with E-state index >= 15 is 0 Å². The number of nitrogens with one attached hydrogen (secondary N) is 1. The molecule has 158 valence electrons. The van der Waals surface area contributed by atoms with Crippen LogP contribution in [0.4, 0.5) is 5.69 Å². The minimum atomic E-state index is -0.245. The van der Waals surface area contributed by atoms with E-state index in [1.54, 1.807) is 60.5 Å². The van der Waals surface area contributed by atoms with Crippen molar-refractivity contribution in [2.75, 3.05) is 12.4 Å². The van der Waals surface area contributed by atoms with Crippen molar-refractivity contribution in [2.24, 2.45) is 0 Å². The van der Waals surface area contributed by atoms with E-state index in [4.69, 9.17) is 9.72 Å². The molecule has 0 unspecified atom stereocenters. The fourth-order valence-electron chi connectivity index (χ4n) is 3.74. The fraction of sp³-hybridized carbons (Fsp3) is 0.0833. The summed E-state index contributed by atoms with van der Waals surface area (Å²) in [6, 6.07) is 19.7. The van der Waals surface area contributed by atoms with Crippen molar-refractivity contribution in [1.29, 1.82) is 0 Å². The summed E-state index contributed by atoms with van der Waals surface area (Å²) in [5.74, 6) is 0.797. The lowest BCUT2D eigenvalue weighted by atomic mass is 10.2. The quantitative estimate of drug-likeness (QED) is 0.466. The van der Waals surface area contributed by atoms with Crippen molar-refractivity contribution in [2.45, 2.75) is 6.54 Å². The molecule has 0 atom stereocenters. The van der Waals surface area contributed by atoms with Crippen molar-refractivity contribution in [3.05, 3.63) is 89.5 Å². The van der Waals surface area contributed by atoms with Crippen molar-refractivity contribution in [3.63, 3.8) is 0 Å². The number of methoxy groups -OCH3 is 1. The van der Waals surface area contributed by atoms with E-state index in [0.717, 1.165) is 11.1 Å². The fourth-order valence-corrected chi connectivity index (χ4v) is 3.74. The second kappa shape index (κ2) is 7.99. The SMILES string of the molecule is COc1cccc(NC(=O)Cn2c3ccccc3n3c(=O)cc(-c4ccncc4)nc23)c1. The highest BCUT2D eigenvalue weighted by atomic mass is 16.5. The Morgan fingerprint density at radius 2 is 1.78 bits per heavy atom. The van der Waals surface area contributed by atoms with E-state index in [1.807, 2.05) is 24.3 Å². The van der Waals surface area contributed by atoms with Crippen LogP contribution in [0.5, 0.6) is 5.75 Å². The van der Waals surface area contributed by atoms with Crippen molar-refractivity contribution < 1.29 is 9.53 Å². The van der Waals surface area contributed by atoms with Crippen LogP contribution >= 0.6 is 0 Å². The van der Waals surface area contributed by atoms with Gasteiger partial charge in [0.25, 0.3) is 5.56 Å². The predicted molar refractivity (Wildman–Crippen MR) is 122 cm³/mol. The summed E-state index contributed by atoms with van der Waals surface area (Å²) >= 11 is 0. The number of hydrogen-bond acceptors (Lipinski definition) is 5. The Bertz CT molecular complexity index is 1510. The molecule has 0 bridgehead atoms. The van der Waals surface area contributed by atoms with Crippen molar-refractivity contribution >= 4 is 28.4 Å². The standard InChI is InChI=1S/C24H19N5O3/c1-32-18-6-4-5-17(13-18)26-22(30)15-28-20-7-2-3-8-21(20)29-23(31)14-19(27-24(28)29)16-9-11-25-12-10-16/h2-14H,15H2,1H3,(H,26,30). The zero-order valence-electron chi connectivity index (χ0n) is 17.2. The maximum absolute atomic E-state index is 13.0. The molecule has 0 aliphatic carbocycles. The van der Waals surface area contributed by atoms with E-state index in [2.05, 4.69) is 10.3 Å². The monoisotopic (exact) mass is 425 g/mol. The lowest BCUT2D eigenvalue weighted by Gasteiger charge is -2.09. The number of rotatable bonds is 5. The van der Waals surface area contributed by atoms with Gasteiger partial charge in [0.2, 0.25) is 11.7 Å². The van der Waals surface area contributed by atoms with Gasteiger partial charge >= 0.3 is 0 Å². The van der Waals surface area contributed by atoms with Gasteiger partial charge in [-0.3, -0.25) is 14.6 Å². The number of carbonyl (C=O) groups excluding carboxylic acids is 1. The summed E-state index contributed by atoms with van der Waals surface area (Å²) in [5, 5.41) is 2.88. The van der Waals surface area contributed by atoms with E-state index in [1.165, 1.54) is 10.5 Å². The van der Waals surface area contributed by atoms with Crippen LogP contribution in [0.1, 0.15) is 0 Å². The Morgan fingerprint density at radius 3 is 2.56 bits per heavy atom. The molecule has 8 nitrogen and oxygen atoms in total. The minimum absolute atomic E-state index is 0.0134. The van der Waals surface area contributed by atoms with Crippen LogP contribution in [-0.2, 0) is 11.3 Å². The summed E-state index contributed by atoms with van der Waals surface area (Å²) in [7, 11) is 1.57. The third kappa shape index (κ3) is 3.47. The average Bonchev–Trinajstić information content (AvgIpc) is 3.13. The highest BCUT2D eigenvalue weighted by molar-refractivity contribution is 5.93. The predicted octanol–water partition coefficient (Wildman–Crippen LogP) is 3.36. The number of anilines is 1. The molecule has 0 saturated carbocycles. The second-order valence-corrected chi connectivity index (χ2v) is 7.21. The van der Waals surface area contributed by atoms with Gasteiger partial charge < -0.3 is 14.6 Å². The molecular formula is C24H19N5O3. The van der Waals surface area contributed by atoms with Gasteiger partial charge in [0.1, 0.15) is 12.3 Å². The topological polar surface area (TPSA) is 90.5 Å². The molecule has 1 amide bonds. The molecule has 1 N–H and O–H groups in total. The Kier molecular flexibility index (Phi) is 4.87. The van der Waals surface area contributed by atoms with Gasteiger partial charge in [-0.25, -0.2) is 9.38 Å². The summed E-state index contributed by atoms with van der Waals surface area (Å²) in [4.78, 5) is 34.7. The maximum atomic E-state index is 13.0. The van der Waals surface area contributed by atoms with Gasteiger partial charge in [-0.1, -0.05) is 18.2 Å². The number of fused-ring (bicyclic) bond motifs is 3. The maximum Gasteiger partial charge on any atom is 0.260 e. The minimum Gasteiger partial charge on any atom is -0.497 e. The third-order valence-corrected chi connectivity index (χ3v) is 5.19. The largest absolute Gasteiger partial charge is 0.497 e. The van der Waals surface area contributed by atoms with Crippen LogP contribution in [0.2, 0.25) is 0 Å². The van der Waals surface area contributed by atoms with Crippen LogP contribution in [0.3, 0.4) is 0 Å². The Morgan fingerprint density at radius 1 is 1.00 bits per heavy atom. The zero-order valence-corrected chi connectivity index (χ0v) is 17.2. The zero-order chi connectivity index (χ0) is 22.1. The van der Waals surface area contributed by atoms with Crippen LogP contribution in [0.25, 0.3) is 28.1 Å². The van der Waals surface area contributed by atoms with Gasteiger partial charge in [0.15, 0.2) is 0 Å². The number of para-hydroxylation sites is 2. The molecule has 0 aliphatic rings. The molecule has 5 aromatic rings. The number of imidazole rings is 1. The third-order valence-electron chi connectivity index (χ3n) is 5.19. The molecule has 0 radical (unpaired) electrons. The highest BCUT2D eigenvalue weighted by Gasteiger charge is 2.17. The van der Waals surface area contributed by atoms with Crippen molar-refractivity contribution in [1.82, 2.24) is 18.9 Å². The van der Waals surface area contributed by atoms with Crippen molar-refractivity contribution in [3.8, 4) is 17.0 Å². The summed E-state index contributed by atoms with van der Waals surface area (Å²) in [6.45, 7) is -0.0134. The molecule has 0 spiro atoms. The number of pyridine rings is 1. The molecule has 2 aromatic carbocycles. The molecule has 3 aromatic heterocycles. The van der Waals surface area contributed by atoms with Crippen LogP contribution in [0, 0.1) is 0 Å². The first-order valence-electron chi connectivity index (χ1n) is 9.99. The molecule has 3 heterocycles. The van der Waals surface area contributed by atoms with Crippen LogP contribution in [-0.4, -0.2) is 32.0 Å². The van der Waals surface area contributed by atoms with Crippen LogP contribution < -0.4 is 15.6 Å². The van der Waals surface area contributed by atoms with Gasteiger partial charge in [-0.15, -0.1) is 0 Å². The average molecular weight is 425 g/mol. The van der Waals surface area contributed by atoms with E-state index in [9.17, 15) is 9.59 Å². The molecule has 32 heavy (non-hydrogen) atoms. The first-order chi connectivity index (χ1) is 15.6. The second-order valence-electron chi connectivity index (χ2n) is 7.21. The number of amides is 1. The Labute approximate surface area is 182 Å². The van der Waals surface area contributed by atoms with E-state index in [-0.39, 0.29) is 18.0 Å². The Balaban J connectivity index is 1.61. The summed E-state index contributed by atoms with van der Waals surface area (Å²) in [5.41, 5.74) is 3.13. The molecule has 0 aliphatic heterocycles. The van der Waals surface area contributed by atoms with Crippen LogP contribution in [0.15, 0.2) is 83.9 Å². The number of carbonyl (C=O) groups is 1. The normalized spacial score (nSPS) is 11.0. The molecule has 5 rings (SSSR count).